The van der Waals surface area contributed by atoms with Gasteiger partial charge in [-0.3, -0.25) is 0 Å². The van der Waals surface area contributed by atoms with Crippen LogP contribution in [0.5, 0.6) is 0 Å². The van der Waals surface area contributed by atoms with Gasteiger partial charge in [0.1, 0.15) is 0 Å². The Labute approximate surface area is 34.0 Å². The zero-order valence-electron chi connectivity index (χ0n) is 2.19. The number of carbonyl (C=O) groups excluding carboxylic acids is 1. The molecular formula is CH2NOZn. The van der Waals surface area contributed by atoms with E-state index in [1.807, 2.05) is 0 Å². The van der Waals surface area contributed by atoms with Gasteiger partial charge in [-0.15, -0.1) is 0 Å². The standard InChI is InChI=1S/CH2NO.Zn/c2-1-3;/h(H2,2,3);. The molecule has 2 N–H and O–H groups in total. The molecule has 0 heterocycles. The van der Waals surface area contributed by atoms with Crippen molar-refractivity contribution in [1.82, 2.24) is 0 Å². The molecule has 1 amide bonds. The molecule has 2 nitrogen and oxygen atoms in total. The maximum absolute atomic E-state index is 9.28. The van der Waals surface area contributed by atoms with Crippen LogP contribution in [0.15, 0.2) is 0 Å². The molecule has 0 aromatic heterocycles. The van der Waals surface area contributed by atoms with E-state index in [1.165, 1.54) is 0 Å². The molecule has 0 aromatic rings. The van der Waals surface area contributed by atoms with Crippen molar-refractivity contribution in [3.05, 3.63) is 0 Å². The molecule has 4 heavy (non-hydrogen) atoms. The van der Waals surface area contributed by atoms with E-state index in [-0.39, 0.29) is 4.50 Å². The minimum absolute atomic E-state index is 0.208. The van der Waals surface area contributed by atoms with Gasteiger partial charge >= 0.3 is 33.3 Å². The first-order valence-corrected chi connectivity index (χ1v) is 2.33. The number of amides is 1. The molecule has 0 spiro atoms. The van der Waals surface area contributed by atoms with Crippen LogP contribution in [0, 0.1) is 0 Å². The van der Waals surface area contributed by atoms with Crippen LogP contribution in [0.25, 0.3) is 0 Å². The topological polar surface area (TPSA) is 43.1 Å². The zero-order valence-corrected chi connectivity index (χ0v) is 5.16. The molecule has 0 aliphatic heterocycles. The molecule has 0 saturated heterocycles. The van der Waals surface area contributed by atoms with Crippen LogP contribution < -0.4 is 5.73 Å². The number of nitrogens with two attached hydrogens (primary N) is 1. The fraction of sp³-hybridized carbons (Fsp3) is 0. The Morgan fingerprint density at radius 1 is 2.00 bits per heavy atom. The Morgan fingerprint density at radius 3 is 2.00 bits per heavy atom. The predicted octanol–water partition coefficient (Wildman–Crippen LogP) is -0.388. The zero-order chi connectivity index (χ0) is 3.58. The van der Waals surface area contributed by atoms with Gasteiger partial charge in [0.05, 0.1) is 0 Å². The summed E-state index contributed by atoms with van der Waals surface area (Å²) in [5.74, 6) is 0. The van der Waals surface area contributed by atoms with Crippen molar-refractivity contribution in [3.63, 3.8) is 0 Å². The second kappa shape index (κ2) is 1.42. The van der Waals surface area contributed by atoms with E-state index >= 15 is 0 Å². The molecule has 0 aromatic carbocycles. The molecule has 0 rings (SSSR count). The minimum atomic E-state index is -0.208. The molecule has 0 fully saturated rings. The summed E-state index contributed by atoms with van der Waals surface area (Å²) in [5, 5.41) is 0. The maximum atomic E-state index is 9.28. The van der Waals surface area contributed by atoms with Gasteiger partial charge in [0.25, 0.3) is 0 Å². The van der Waals surface area contributed by atoms with E-state index in [4.69, 9.17) is 0 Å². The Balaban J connectivity index is 2.80. The molecule has 0 bridgehead atoms. The van der Waals surface area contributed by atoms with Crippen molar-refractivity contribution in [2.24, 2.45) is 5.73 Å². The average Bonchev–Trinajstić information content (AvgIpc) is 0.811. The Kier molecular flexibility index (Phi) is 1.45. The third-order valence-corrected chi connectivity index (χ3v) is 0. The summed E-state index contributed by atoms with van der Waals surface area (Å²) >= 11 is 0.569. The fourth-order valence-corrected chi connectivity index (χ4v) is 0. The third kappa shape index (κ3) is 287. The van der Waals surface area contributed by atoms with Crippen molar-refractivity contribution < 1.29 is 23.1 Å². The fourth-order valence-electron chi connectivity index (χ4n) is 0. The number of carbonyl (C=O) groups is 1. The van der Waals surface area contributed by atoms with Crippen LogP contribution in [0.4, 0.5) is 4.79 Å². The summed E-state index contributed by atoms with van der Waals surface area (Å²) in [7, 11) is 0. The van der Waals surface area contributed by atoms with E-state index in [0.29, 0.717) is 18.3 Å². The molecule has 0 aliphatic carbocycles. The summed E-state index contributed by atoms with van der Waals surface area (Å²) in [6, 6.07) is 0. The van der Waals surface area contributed by atoms with E-state index < -0.39 is 0 Å². The summed E-state index contributed by atoms with van der Waals surface area (Å²) in [5.41, 5.74) is 4.53. The van der Waals surface area contributed by atoms with E-state index in [2.05, 4.69) is 5.73 Å². The van der Waals surface area contributed by atoms with Gasteiger partial charge in [-0.05, 0) is 0 Å². The quantitative estimate of drug-likeness (QED) is 0.423. The number of rotatable bonds is 0. The van der Waals surface area contributed by atoms with Crippen LogP contribution in [-0.4, -0.2) is 4.50 Å². The summed E-state index contributed by atoms with van der Waals surface area (Å²) in [6.45, 7) is 0. The second-order valence-corrected chi connectivity index (χ2v) is 1.93. The Bertz CT molecular complexity index is 31.0. The van der Waals surface area contributed by atoms with Crippen LogP contribution in [0.2, 0.25) is 0 Å². The second-order valence-electron chi connectivity index (χ2n) is 0.466. The summed E-state index contributed by atoms with van der Waals surface area (Å²) in [6.07, 6.45) is 0. The van der Waals surface area contributed by atoms with Crippen molar-refractivity contribution in [2.75, 3.05) is 0 Å². The van der Waals surface area contributed by atoms with Crippen LogP contribution in [0.1, 0.15) is 0 Å². The van der Waals surface area contributed by atoms with Crippen LogP contribution in [0.3, 0.4) is 0 Å². The normalized spacial score (nSPS) is 6.50. The van der Waals surface area contributed by atoms with Gasteiger partial charge in [-0.1, -0.05) is 0 Å². The predicted molar refractivity (Wildman–Crippen MR) is 9.58 cm³/mol. The first-order valence-electron chi connectivity index (χ1n) is 0.846. The van der Waals surface area contributed by atoms with Gasteiger partial charge in [0.2, 0.25) is 0 Å². The van der Waals surface area contributed by atoms with Gasteiger partial charge in [0.15, 0.2) is 0 Å². The third-order valence-electron chi connectivity index (χ3n) is 0. The number of hydrogen-bond donors (Lipinski definition) is 1. The van der Waals surface area contributed by atoms with Crippen molar-refractivity contribution in [3.8, 4) is 0 Å². The SMILES string of the molecule is N[C](=O)[Zn]. The van der Waals surface area contributed by atoms with Crippen LogP contribution in [-0.2, 0) is 18.3 Å². The summed E-state index contributed by atoms with van der Waals surface area (Å²) in [4.78, 5) is 9.28. The monoisotopic (exact) mass is 108 g/mol. The molecule has 0 unspecified atom stereocenters. The molecular weight excluding hydrogens is 107 g/mol. The van der Waals surface area contributed by atoms with Gasteiger partial charge in [0, 0.05) is 0 Å². The van der Waals surface area contributed by atoms with Crippen molar-refractivity contribution in [1.29, 1.82) is 0 Å². The molecule has 19 valence electrons. The van der Waals surface area contributed by atoms with Gasteiger partial charge in [-0.25, -0.2) is 0 Å². The first kappa shape index (κ1) is 4.09. The first-order chi connectivity index (χ1) is 1.73. The molecule has 0 atom stereocenters. The van der Waals surface area contributed by atoms with E-state index in [1.54, 1.807) is 0 Å². The van der Waals surface area contributed by atoms with Crippen molar-refractivity contribution >= 4 is 4.50 Å². The van der Waals surface area contributed by atoms with Crippen molar-refractivity contribution in [2.45, 2.75) is 0 Å². The Morgan fingerprint density at radius 2 is 2.00 bits per heavy atom. The van der Waals surface area contributed by atoms with E-state index in [9.17, 15) is 4.79 Å². The summed E-state index contributed by atoms with van der Waals surface area (Å²) < 4.78 is -0.208. The molecule has 3 heteroatoms. The van der Waals surface area contributed by atoms with Crippen LogP contribution >= 0.6 is 0 Å². The molecule has 0 aliphatic rings. The Hall–Kier alpha value is 0.0934. The van der Waals surface area contributed by atoms with E-state index in [0.717, 1.165) is 0 Å². The van der Waals surface area contributed by atoms with Gasteiger partial charge < -0.3 is 0 Å². The average molecular weight is 109 g/mol. The number of primary amides is 1. The molecule has 0 saturated carbocycles. The van der Waals surface area contributed by atoms with Gasteiger partial charge in [-0.2, -0.15) is 0 Å². The number of hydrogen-bond acceptors (Lipinski definition) is 1. The molecule has 0 radical (unpaired) electrons.